The van der Waals surface area contributed by atoms with Gasteiger partial charge in [0, 0.05) is 79.4 Å². The average molecular weight is 891 g/mol. The first-order chi connectivity index (χ1) is 31.8. The molecule has 2 aliphatic carbocycles. The molecule has 2 aliphatic heterocycles. The SMILES string of the molecule is CNC(=O)c1ccc(-n2cc3c(n2)CCC2C(CC3)C2COC(=O)NCCNC(=O)CCCCCN2C(=CC=CC=CC3=[N+](C)c4ccccc4C3(C)C)C(C)(C)c3cc(C)ccc32)cc1. The molecule has 4 aromatic rings. The lowest BCUT2D eigenvalue weighted by molar-refractivity contribution is -0.401. The molecule has 3 aromatic carbocycles. The number of nitrogens with one attached hydrogen (secondary N) is 3. The van der Waals surface area contributed by atoms with Crippen molar-refractivity contribution in [3.05, 3.63) is 143 Å². The first kappa shape index (κ1) is 46.3. The smallest absolute Gasteiger partial charge is 0.407 e. The molecular formula is C55H68N7O4+. The maximum atomic E-state index is 12.7. The summed E-state index contributed by atoms with van der Waals surface area (Å²) >= 11 is 0. The molecule has 11 heteroatoms. The van der Waals surface area contributed by atoms with Gasteiger partial charge in [0.2, 0.25) is 11.6 Å². The minimum atomic E-state index is -0.431. The summed E-state index contributed by atoms with van der Waals surface area (Å²) in [5.74, 6) is 1.36. The van der Waals surface area contributed by atoms with Crippen molar-refractivity contribution in [3.63, 3.8) is 0 Å². The van der Waals surface area contributed by atoms with Crippen LogP contribution in [-0.2, 0) is 33.2 Å². The highest BCUT2D eigenvalue weighted by Crippen LogP contribution is 2.53. The van der Waals surface area contributed by atoms with E-state index in [1.54, 1.807) is 7.05 Å². The molecule has 1 saturated carbocycles. The third-order valence-electron chi connectivity index (χ3n) is 14.6. The van der Waals surface area contributed by atoms with Crippen LogP contribution in [0.3, 0.4) is 0 Å². The van der Waals surface area contributed by atoms with Crippen LogP contribution in [0.25, 0.3) is 5.69 Å². The maximum absolute atomic E-state index is 12.7. The average Bonchev–Trinajstić information content (AvgIpc) is 3.62. The highest BCUT2D eigenvalue weighted by molar-refractivity contribution is 6.03. The molecule has 0 spiro atoms. The van der Waals surface area contributed by atoms with E-state index in [2.05, 4.69) is 146 Å². The summed E-state index contributed by atoms with van der Waals surface area (Å²) in [6.45, 7) is 13.4. The number of rotatable bonds is 16. The van der Waals surface area contributed by atoms with Crippen molar-refractivity contribution in [3.8, 4) is 5.69 Å². The van der Waals surface area contributed by atoms with Crippen molar-refractivity contribution in [2.24, 2.45) is 17.8 Å². The molecule has 3 atom stereocenters. The van der Waals surface area contributed by atoms with Gasteiger partial charge in [0.15, 0.2) is 5.71 Å². The minimum absolute atomic E-state index is 0.00186. The fourth-order valence-electron chi connectivity index (χ4n) is 10.8. The topological polar surface area (TPSA) is 121 Å². The standard InChI is InChI=1S/C55H67N7O4/c1-37-21-30-48-45(34-37)55(4,5)50(19-11-8-10-18-49-54(2,3)44-16-13-14-17-47(44)60(49)7)61(48)33-15-9-12-20-51(63)57-31-32-58-53(65)66-36-43-41-27-24-39-35-62(59-46(39)29-28-42(41)43)40-25-22-38(23-26-40)52(64)56-6/h8,10-11,13-14,16-19,21-23,25-26,30,34-35,41-43H,9,12,15,20,24,27-29,31-33,36H2,1-7H3,(H2-,56,57,58,63,64,65)/p+1. The molecule has 3 unspecified atom stereocenters. The van der Waals surface area contributed by atoms with Crippen LogP contribution in [0.1, 0.15) is 105 Å². The Hall–Kier alpha value is -6.23. The molecule has 0 saturated heterocycles. The van der Waals surface area contributed by atoms with Gasteiger partial charge in [0.05, 0.1) is 23.4 Å². The summed E-state index contributed by atoms with van der Waals surface area (Å²) in [7, 11) is 3.78. The second kappa shape index (κ2) is 19.7. The Labute approximate surface area is 391 Å². The number of nitrogens with zero attached hydrogens (tertiary/aromatic N) is 4. The minimum Gasteiger partial charge on any atom is -0.449 e. The number of carbonyl (C=O) groups excluding carboxylic acids is 3. The highest BCUT2D eigenvalue weighted by atomic mass is 16.5. The summed E-state index contributed by atoms with van der Waals surface area (Å²) in [6, 6.07) is 22.9. The number of alkyl carbamates (subject to hydrolysis) is 1. The molecule has 11 nitrogen and oxygen atoms in total. The lowest BCUT2D eigenvalue weighted by Gasteiger charge is -2.27. The van der Waals surface area contributed by atoms with Crippen LogP contribution in [0, 0.1) is 24.7 Å². The fourth-order valence-corrected chi connectivity index (χ4v) is 10.8. The van der Waals surface area contributed by atoms with E-state index in [9.17, 15) is 14.4 Å². The third kappa shape index (κ3) is 9.81. The van der Waals surface area contributed by atoms with Gasteiger partial charge in [-0.1, -0.05) is 74.4 Å². The normalized spacial score (nSPS) is 20.7. The van der Waals surface area contributed by atoms with Crippen molar-refractivity contribution in [1.82, 2.24) is 25.7 Å². The fraction of sp³-hybridized carbons (Fsp3) is 0.436. The van der Waals surface area contributed by atoms with E-state index >= 15 is 0 Å². The molecule has 4 aliphatic rings. The molecule has 3 heterocycles. The second-order valence-corrected chi connectivity index (χ2v) is 19.6. The zero-order valence-electron chi connectivity index (χ0n) is 40.0. The largest absolute Gasteiger partial charge is 0.449 e. The van der Waals surface area contributed by atoms with E-state index in [4.69, 9.17) is 9.84 Å². The van der Waals surface area contributed by atoms with Crippen molar-refractivity contribution in [2.75, 3.05) is 45.2 Å². The summed E-state index contributed by atoms with van der Waals surface area (Å²) in [5, 5.41) is 13.3. The zero-order chi connectivity index (χ0) is 46.6. The van der Waals surface area contributed by atoms with Gasteiger partial charge in [0.25, 0.3) is 5.91 Å². The van der Waals surface area contributed by atoms with Crippen molar-refractivity contribution in [1.29, 1.82) is 0 Å². The Morgan fingerprint density at radius 2 is 1.62 bits per heavy atom. The molecule has 66 heavy (non-hydrogen) atoms. The second-order valence-electron chi connectivity index (χ2n) is 19.6. The Morgan fingerprint density at radius 3 is 2.39 bits per heavy atom. The molecular weight excluding hydrogens is 823 g/mol. The van der Waals surface area contributed by atoms with Gasteiger partial charge in [-0.15, -0.1) is 0 Å². The van der Waals surface area contributed by atoms with E-state index in [1.165, 1.54) is 45.0 Å². The number of benzene rings is 3. The first-order valence-corrected chi connectivity index (χ1v) is 24.0. The Balaban J connectivity index is 0.729. The summed E-state index contributed by atoms with van der Waals surface area (Å²) in [5.41, 5.74) is 12.8. The van der Waals surface area contributed by atoms with Crippen LogP contribution in [0.2, 0.25) is 0 Å². The van der Waals surface area contributed by atoms with E-state index < -0.39 is 6.09 Å². The van der Waals surface area contributed by atoms with Crippen LogP contribution in [0.4, 0.5) is 16.2 Å². The van der Waals surface area contributed by atoms with Crippen LogP contribution >= 0.6 is 0 Å². The number of aryl methyl sites for hydroxylation is 3. The Kier molecular flexibility index (Phi) is 13.8. The van der Waals surface area contributed by atoms with E-state index in [1.807, 2.05) is 28.9 Å². The molecule has 3 amide bonds. The zero-order valence-corrected chi connectivity index (χ0v) is 40.0. The lowest BCUT2D eigenvalue weighted by Crippen LogP contribution is -2.35. The summed E-state index contributed by atoms with van der Waals surface area (Å²) in [4.78, 5) is 39.7. The van der Waals surface area contributed by atoms with Gasteiger partial charge in [-0.05, 0) is 125 Å². The molecule has 1 fully saturated rings. The number of fused-ring (bicyclic) bond motifs is 4. The van der Waals surface area contributed by atoms with Crippen LogP contribution in [0.5, 0.6) is 0 Å². The third-order valence-corrected chi connectivity index (χ3v) is 14.6. The summed E-state index contributed by atoms with van der Waals surface area (Å²) < 4.78 is 9.86. The molecule has 3 N–H and O–H groups in total. The number of amides is 3. The molecule has 0 bridgehead atoms. The predicted molar refractivity (Wildman–Crippen MR) is 263 cm³/mol. The van der Waals surface area contributed by atoms with Gasteiger partial charge in [-0.3, -0.25) is 9.59 Å². The van der Waals surface area contributed by atoms with Gasteiger partial charge in [0.1, 0.15) is 7.05 Å². The van der Waals surface area contributed by atoms with E-state index in [0.717, 1.165) is 62.9 Å². The number of para-hydroxylation sites is 1. The number of anilines is 1. The monoisotopic (exact) mass is 891 g/mol. The number of carbonyl (C=O) groups is 3. The molecule has 1 aromatic heterocycles. The number of allylic oxidation sites excluding steroid dienone is 6. The van der Waals surface area contributed by atoms with Crippen molar-refractivity contribution < 1.29 is 23.7 Å². The van der Waals surface area contributed by atoms with Gasteiger partial charge in [-0.25, -0.2) is 9.48 Å². The van der Waals surface area contributed by atoms with Crippen molar-refractivity contribution in [2.45, 2.75) is 96.8 Å². The summed E-state index contributed by atoms with van der Waals surface area (Å²) in [6.07, 6.45) is 19.7. The molecule has 0 radical (unpaired) electrons. The number of hydrogen-bond donors (Lipinski definition) is 3. The van der Waals surface area contributed by atoms with Gasteiger partial charge >= 0.3 is 6.09 Å². The quantitative estimate of drug-likeness (QED) is 0.0587. The van der Waals surface area contributed by atoms with Crippen molar-refractivity contribution >= 4 is 35.0 Å². The number of aromatic nitrogens is 2. The van der Waals surface area contributed by atoms with Crippen LogP contribution < -0.4 is 20.9 Å². The first-order valence-electron chi connectivity index (χ1n) is 24.0. The van der Waals surface area contributed by atoms with E-state index in [-0.39, 0.29) is 22.6 Å². The van der Waals surface area contributed by atoms with Gasteiger partial charge in [-0.2, -0.15) is 9.67 Å². The highest BCUT2D eigenvalue weighted by Gasteiger charge is 2.50. The van der Waals surface area contributed by atoms with Crippen LogP contribution in [-0.4, -0.2) is 78.3 Å². The number of unbranched alkanes of at least 4 members (excludes halogenated alkanes) is 2. The lowest BCUT2D eigenvalue weighted by atomic mass is 9.81. The van der Waals surface area contributed by atoms with Gasteiger partial charge < -0.3 is 25.6 Å². The predicted octanol–water partition coefficient (Wildman–Crippen LogP) is 9.18. The molecule has 346 valence electrons. The number of hydrogen-bond acceptors (Lipinski definition) is 6. The number of ether oxygens (including phenoxy) is 1. The maximum Gasteiger partial charge on any atom is 0.407 e. The molecule has 8 rings (SSSR count). The Bertz CT molecular complexity index is 2550. The van der Waals surface area contributed by atoms with E-state index in [0.29, 0.717) is 49.4 Å². The Morgan fingerprint density at radius 1 is 0.864 bits per heavy atom. The van der Waals surface area contributed by atoms with Crippen LogP contribution in [0.15, 0.2) is 109 Å².